The van der Waals surface area contributed by atoms with Crippen LogP contribution in [0, 0.1) is 12.8 Å². The van der Waals surface area contributed by atoms with Crippen LogP contribution in [-0.2, 0) is 26.2 Å². The molecule has 1 N–H and O–H groups in total. The van der Waals surface area contributed by atoms with Gasteiger partial charge in [0, 0.05) is 18.1 Å². The van der Waals surface area contributed by atoms with Gasteiger partial charge in [-0.3, -0.25) is 13.9 Å². The van der Waals surface area contributed by atoms with E-state index in [-0.39, 0.29) is 23.3 Å². The molecule has 0 aliphatic carbocycles. The SMILES string of the molecule is CC[C@H](C(=O)NCC(C)C)N(Cc1ccc(Cl)cc1)C(=O)CN(c1ccc(C)cc1)S(=O)(=O)c1ccc(OC)cc1. The third-order valence-electron chi connectivity index (χ3n) is 6.58. The first-order chi connectivity index (χ1) is 19.5. The van der Waals surface area contributed by atoms with E-state index in [1.54, 1.807) is 60.7 Å². The normalized spacial score (nSPS) is 12.1. The Morgan fingerprint density at radius 3 is 2.10 bits per heavy atom. The highest BCUT2D eigenvalue weighted by atomic mass is 35.5. The summed E-state index contributed by atoms with van der Waals surface area (Å²) in [5, 5.41) is 3.47. The summed E-state index contributed by atoms with van der Waals surface area (Å²) < 4.78 is 34.2. The highest BCUT2D eigenvalue weighted by Gasteiger charge is 2.33. The van der Waals surface area contributed by atoms with Crippen LogP contribution in [-0.4, -0.2) is 51.4 Å². The maximum atomic E-state index is 14.1. The molecule has 0 radical (unpaired) electrons. The lowest BCUT2D eigenvalue weighted by Gasteiger charge is -2.33. The van der Waals surface area contributed by atoms with Crippen molar-refractivity contribution in [3.8, 4) is 5.75 Å². The number of rotatable bonds is 13. The van der Waals surface area contributed by atoms with Gasteiger partial charge >= 0.3 is 0 Å². The van der Waals surface area contributed by atoms with E-state index < -0.39 is 28.5 Å². The molecule has 0 unspecified atom stereocenters. The zero-order chi connectivity index (χ0) is 30.2. The minimum Gasteiger partial charge on any atom is -0.497 e. The average molecular weight is 600 g/mol. The van der Waals surface area contributed by atoms with Crippen molar-refractivity contribution in [1.82, 2.24) is 10.2 Å². The highest BCUT2D eigenvalue weighted by molar-refractivity contribution is 7.92. The Morgan fingerprint density at radius 2 is 1.56 bits per heavy atom. The van der Waals surface area contributed by atoms with E-state index in [0.717, 1.165) is 15.4 Å². The van der Waals surface area contributed by atoms with E-state index in [4.69, 9.17) is 16.3 Å². The van der Waals surface area contributed by atoms with Crippen molar-refractivity contribution < 1.29 is 22.7 Å². The van der Waals surface area contributed by atoms with Crippen molar-refractivity contribution in [2.24, 2.45) is 5.92 Å². The number of ether oxygens (including phenoxy) is 1. The largest absolute Gasteiger partial charge is 0.497 e. The number of carbonyl (C=O) groups is 2. The van der Waals surface area contributed by atoms with Crippen molar-refractivity contribution in [3.63, 3.8) is 0 Å². The molecule has 0 aromatic heterocycles. The summed E-state index contributed by atoms with van der Waals surface area (Å²) in [6, 6.07) is 19.1. The van der Waals surface area contributed by atoms with E-state index in [1.807, 2.05) is 27.7 Å². The molecule has 2 amide bonds. The van der Waals surface area contributed by atoms with E-state index in [0.29, 0.717) is 29.4 Å². The van der Waals surface area contributed by atoms with Crippen LogP contribution < -0.4 is 14.4 Å². The van der Waals surface area contributed by atoms with E-state index in [1.165, 1.54) is 24.1 Å². The van der Waals surface area contributed by atoms with Gasteiger partial charge in [0.1, 0.15) is 18.3 Å². The number of hydrogen-bond donors (Lipinski definition) is 1. The van der Waals surface area contributed by atoms with Crippen LogP contribution in [0.5, 0.6) is 5.75 Å². The highest BCUT2D eigenvalue weighted by Crippen LogP contribution is 2.26. The van der Waals surface area contributed by atoms with Gasteiger partial charge in [-0.1, -0.05) is 62.2 Å². The number of nitrogens with one attached hydrogen (secondary N) is 1. The van der Waals surface area contributed by atoms with Crippen molar-refractivity contribution in [1.29, 1.82) is 0 Å². The number of amides is 2. The molecule has 0 aliphatic rings. The first kappa shape index (κ1) is 32.0. The molecule has 0 bridgehead atoms. The van der Waals surface area contributed by atoms with Gasteiger partial charge in [0.2, 0.25) is 11.8 Å². The number of nitrogens with zero attached hydrogens (tertiary/aromatic N) is 2. The van der Waals surface area contributed by atoms with Gasteiger partial charge in [0.25, 0.3) is 10.0 Å². The van der Waals surface area contributed by atoms with Gasteiger partial charge < -0.3 is 15.0 Å². The molecule has 0 spiro atoms. The van der Waals surface area contributed by atoms with Crippen molar-refractivity contribution in [3.05, 3.63) is 88.9 Å². The Morgan fingerprint density at radius 1 is 0.951 bits per heavy atom. The van der Waals surface area contributed by atoms with Crippen LogP contribution in [0.3, 0.4) is 0 Å². The fraction of sp³-hybridized carbons (Fsp3) is 0.355. The fourth-order valence-corrected chi connectivity index (χ4v) is 5.78. The maximum Gasteiger partial charge on any atom is 0.264 e. The summed E-state index contributed by atoms with van der Waals surface area (Å²) in [7, 11) is -2.66. The minimum atomic E-state index is -4.16. The number of aryl methyl sites for hydroxylation is 1. The zero-order valence-electron chi connectivity index (χ0n) is 24.1. The minimum absolute atomic E-state index is 0.0117. The second kappa shape index (κ2) is 14.4. The number of halogens is 1. The Bertz CT molecular complexity index is 1410. The maximum absolute atomic E-state index is 14.1. The Kier molecular flexibility index (Phi) is 11.2. The first-order valence-electron chi connectivity index (χ1n) is 13.5. The number of anilines is 1. The van der Waals surface area contributed by atoms with Gasteiger partial charge in [0.15, 0.2) is 0 Å². The summed E-state index contributed by atoms with van der Waals surface area (Å²) in [5.41, 5.74) is 2.04. The van der Waals surface area contributed by atoms with Gasteiger partial charge in [-0.2, -0.15) is 0 Å². The smallest absolute Gasteiger partial charge is 0.264 e. The molecule has 0 fully saturated rings. The van der Waals surface area contributed by atoms with Crippen LogP contribution in [0.1, 0.15) is 38.3 Å². The van der Waals surface area contributed by atoms with Crippen molar-refractivity contribution in [2.45, 2.75) is 51.6 Å². The number of carbonyl (C=O) groups excluding carboxylic acids is 2. The van der Waals surface area contributed by atoms with Crippen LogP contribution in [0.2, 0.25) is 5.02 Å². The van der Waals surface area contributed by atoms with Crippen LogP contribution in [0.15, 0.2) is 77.7 Å². The Balaban J connectivity index is 2.03. The second-order valence-electron chi connectivity index (χ2n) is 10.2. The topological polar surface area (TPSA) is 96.0 Å². The lowest BCUT2D eigenvalue weighted by Crippen LogP contribution is -2.52. The summed E-state index contributed by atoms with van der Waals surface area (Å²) in [6.07, 6.45) is 0.346. The molecule has 41 heavy (non-hydrogen) atoms. The van der Waals surface area contributed by atoms with Crippen LogP contribution >= 0.6 is 11.6 Å². The number of hydrogen-bond acceptors (Lipinski definition) is 5. The number of methoxy groups -OCH3 is 1. The molecule has 0 heterocycles. The standard InChI is InChI=1S/C31H38ClN3O5S/c1-6-29(31(37)33-19-22(2)3)34(20-24-9-11-25(32)12-10-24)30(36)21-35(26-13-7-23(4)8-14-26)41(38,39)28-17-15-27(40-5)16-18-28/h7-18,22,29H,6,19-21H2,1-5H3,(H,33,37)/t29-/m1/s1. The summed E-state index contributed by atoms with van der Waals surface area (Å²) in [4.78, 5) is 28.8. The van der Waals surface area contributed by atoms with Gasteiger partial charge in [0.05, 0.1) is 17.7 Å². The number of sulfonamides is 1. The van der Waals surface area contributed by atoms with Crippen molar-refractivity contribution in [2.75, 3.05) is 24.5 Å². The molecular formula is C31H38ClN3O5S. The van der Waals surface area contributed by atoms with Crippen LogP contribution in [0.25, 0.3) is 0 Å². The fourth-order valence-electron chi connectivity index (χ4n) is 4.24. The molecule has 3 aromatic rings. The summed E-state index contributed by atoms with van der Waals surface area (Å²) >= 11 is 6.07. The predicted molar refractivity (Wildman–Crippen MR) is 163 cm³/mol. The molecular weight excluding hydrogens is 562 g/mol. The van der Waals surface area contributed by atoms with Gasteiger partial charge in [-0.05, 0) is 73.4 Å². The molecule has 3 aromatic carbocycles. The summed E-state index contributed by atoms with van der Waals surface area (Å²) in [5.74, 6) is -0.0645. The lowest BCUT2D eigenvalue weighted by atomic mass is 10.1. The van der Waals surface area contributed by atoms with E-state index in [2.05, 4.69) is 5.32 Å². The van der Waals surface area contributed by atoms with Gasteiger partial charge in [-0.25, -0.2) is 8.42 Å². The molecule has 0 saturated carbocycles. The Hall–Kier alpha value is -3.56. The molecule has 8 nitrogen and oxygen atoms in total. The average Bonchev–Trinajstić information content (AvgIpc) is 2.96. The molecule has 10 heteroatoms. The molecule has 1 atom stereocenters. The molecule has 3 rings (SSSR count). The number of benzene rings is 3. The summed E-state index contributed by atoms with van der Waals surface area (Å²) in [6.45, 7) is 7.76. The predicted octanol–water partition coefficient (Wildman–Crippen LogP) is 5.43. The monoisotopic (exact) mass is 599 g/mol. The third-order valence-corrected chi connectivity index (χ3v) is 8.62. The second-order valence-corrected chi connectivity index (χ2v) is 12.5. The molecule has 220 valence electrons. The first-order valence-corrected chi connectivity index (χ1v) is 15.3. The zero-order valence-corrected chi connectivity index (χ0v) is 25.7. The van der Waals surface area contributed by atoms with Gasteiger partial charge in [-0.15, -0.1) is 0 Å². The Labute approximate surface area is 248 Å². The quantitative estimate of drug-likeness (QED) is 0.283. The van der Waals surface area contributed by atoms with E-state index in [9.17, 15) is 18.0 Å². The lowest BCUT2D eigenvalue weighted by molar-refractivity contribution is -0.140. The van der Waals surface area contributed by atoms with E-state index >= 15 is 0 Å². The third kappa shape index (κ3) is 8.47. The van der Waals surface area contributed by atoms with Crippen molar-refractivity contribution >= 4 is 39.1 Å². The molecule has 0 aliphatic heterocycles. The van der Waals surface area contributed by atoms with Crippen LogP contribution in [0.4, 0.5) is 5.69 Å². The molecule has 0 saturated heterocycles.